The molecule has 0 bridgehead atoms. The maximum absolute atomic E-state index is 13.1. The Hall–Kier alpha value is -4.89. The second kappa shape index (κ2) is 13.8. The lowest BCUT2D eigenvalue weighted by Gasteiger charge is -2.14. The standard InChI is InChI=1S/C34H33N5O3S/c1-4-42-30-19-17-29(18-20-30)35-32(40)24(3)43-34-38-37-31(39(34)22-25-10-6-5-7-11-25)26-13-15-28(16-14-26)36-33(41)27-12-8-9-23(2)21-27/h5-21,24H,4,22H2,1-3H3,(H,35,40)(H,36,41)/t24-/m1/s1. The molecule has 8 nitrogen and oxygen atoms in total. The second-order valence-corrected chi connectivity index (χ2v) is 11.3. The molecule has 9 heteroatoms. The number of carbonyl (C=O) groups excluding carboxylic acids is 2. The van der Waals surface area contributed by atoms with Gasteiger partial charge in [0.1, 0.15) is 5.75 Å². The molecule has 0 fully saturated rings. The topological polar surface area (TPSA) is 98.1 Å². The zero-order chi connectivity index (χ0) is 30.2. The van der Waals surface area contributed by atoms with Crippen molar-refractivity contribution >= 4 is 35.0 Å². The summed E-state index contributed by atoms with van der Waals surface area (Å²) in [5, 5.41) is 15.1. The molecule has 0 aliphatic heterocycles. The molecular weight excluding hydrogens is 558 g/mol. The average Bonchev–Trinajstić information content (AvgIpc) is 3.40. The van der Waals surface area contributed by atoms with Gasteiger partial charge in [0, 0.05) is 22.5 Å². The Morgan fingerprint density at radius 2 is 1.56 bits per heavy atom. The predicted molar refractivity (Wildman–Crippen MR) is 172 cm³/mol. The Morgan fingerprint density at radius 1 is 0.860 bits per heavy atom. The number of amides is 2. The van der Waals surface area contributed by atoms with E-state index < -0.39 is 5.25 Å². The summed E-state index contributed by atoms with van der Waals surface area (Å²) in [6, 6.07) is 32.4. The molecular formula is C34H33N5O3S. The first-order chi connectivity index (χ1) is 20.9. The maximum Gasteiger partial charge on any atom is 0.255 e. The van der Waals surface area contributed by atoms with Crippen molar-refractivity contribution < 1.29 is 14.3 Å². The third-order valence-corrected chi connectivity index (χ3v) is 7.75. The predicted octanol–water partition coefficient (Wildman–Crippen LogP) is 7.07. The highest BCUT2D eigenvalue weighted by Crippen LogP contribution is 2.29. The summed E-state index contributed by atoms with van der Waals surface area (Å²) in [4.78, 5) is 25.8. The minimum atomic E-state index is -0.433. The first-order valence-corrected chi connectivity index (χ1v) is 14.9. The van der Waals surface area contributed by atoms with Gasteiger partial charge in [0.25, 0.3) is 5.91 Å². The van der Waals surface area contributed by atoms with Crippen LogP contribution in [0.25, 0.3) is 11.4 Å². The number of ether oxygens (including phenoxy) is 1. The van der Waals surface area contributed by atoms with E-state index in [9.17, 15) is 9.59 Å². The molecule has 218 valence electrons. The maximum atomic E-state index is 13.1. The smallest absolute Gasteiger partial charge is 0.255 e. The summed E-state index contributed by atoms with van der Waals surface area (Å²) in [6.45, 7) is 6.85. The zero-order valence-corrected chi connectivity index (χ0v) is 25.1. The van der Waals surface area contributed by atoms with Crippen molar-refractivity contribution in [3.8, 4) is 17.1 Å². The average molecular weight is 592 g/mol. The molecule has 0 aliphatic carbocycles. The van der Waals surface area contributed by atoms with E-state index in [1.54, 1.807) is 6.07 Å². The van der Waals surface area contributed by atoms with Crippen molar-refractivity contribution in [1.29, 1.82) is 0 Å². The van der Waals surface area contributed by atoms with E-state index in [0.29, 0.717) is 41.1 Å². The van der Waals surface area contributed by atoms with Gasteiger partial charge >= 0.3 is 0 Å². The van der Waals surface area contributed by atoms with Crippen LogP contribution >= 0.6 is 11.8 Å². The summed E-state index contributed by atoms with van der Waals surface area (Å²) in [5.74, 6) is 1.12. The quantitative estimate of drug-likeness (QED) is 0.159. The summed E-state index contributed by atoms with van der Waals surface area (Å²) < 4.78 is 7.50. The Balaban J connectivity index is 1.33. The van der Waals surface area contributed by atoms with Crippen LogP contribution in [0.2, 0.25) is 0 Å². The second-order valence-electron chi connectivity index (χ2n) is 9.99. The molecule has 2 N–H and O–H groups in total. The Morgan fingerprint density at radius 3 is 2.26 bits per heavy atom. The number of aryl methyl sites for hydroxylation is 1. The number of rotatable bonds is 11. The van der Waals surface area contributed by atoms with Crippen LogP contribution in [0.3, 0.4) is 0 Å². The van der Waals surface area contributed by atoms with Crippen LogP contribution in [0.1, 0.15) is 35.3 Å². The van der Waals surface area contributed by atoms with Crippen LogP contribution in [0.15, 0.2) is 108 Å². The molecule has 1 heterocycles. The largest absolute Gasteiger partial charge is 0.494 e. The first-order valence-electron chi connectivity index (χ1n) is 14.1. The monoisotopic (exact) mass is 591 g/mol. The Labute approximate surface area is 255 Å². The fourth-order valence-electron chi connectivity index (χ4n) is 4.45. The van der Waals surface area contributed by atoms with Crippen molar-refractivity contribution in [1.82, 2.24) is 14.8 Å². The lowest BCUT2D eigenvalue weighted by Crippen LogP contribution is -2.23. The number of benzene rings is 4. The fraction of sp³-hybridized carbons (Fsp3) is 0.176. The molecule has 1 atom stereocenters. The van der Waals surface area contributed by atoms with E-state index >= 15 is 0 Å². The summed E-state index contributed by atoms with van der Waals surface area (Å²) in [6.07, 6.45) is 0. The summed E-state index contributed by atoms with van der Waals surface area (Å²) >= 11 is 1.35. The van der Waals surface area contributed by atoms with E-state index in [1.807, 2.05) is 122 Å². The van der Waals surface area contributed by atoms with Crippen molar-refractivity contribution in [2.75, 3.05) is 17.2 Å². The van der Waals surface area contributed by atoms with E-state index in [1.165, 1.54) is 11.8 Å². The van der Waals surface area contributed by atoms with Crippen LogP contribution in [0.5, 0.6) is 5.75 Å². The van der Waals surface area contributed by atoms with Gasteiger partial charge in [-0.15, -0.1) is 10.2 Å². The third-order valence-electron chi connectivity index (χ3n) is 6.67. The molecule has 43 heavy (non-hydrogen) atoms. The number of thioether (sulfide) groups is 1. The molecule has 5 aromatic rings. The van der Waals surface area contributed by atoms with E-state index in [0.717, 1.165) is 22.4 Å². The van der Waals surface area contributed by atoms with Gasteiger partial charge in [-0.05, 0) is 87.0 Å². The van der Waals surface area contributed by atoms with Gasteiger partial charge in [0.15, 0.2) is 11.0 Å². The van der Waals surface area contributed by atoms with Gasteiger partial charge in [-0.2, -0.15) is 0 Å². The number of hydrogen-bond acceptors (Lipinski definition) is 6. The van der Waals surface area contributed by atoms with E-state index in [4.69, 9.17) is 4.74 Å². The highest BCUT2D eigenvalue weighted by molar-refractivity contribution is 8.00. The van der Waals surface area contributed by atoms with Gasteiger partial charge in [-0.1, -0.05) is 59.8 Å². The third kappa shape index (κ3) is 7.69. The van der Waals surface area contributed by atoms with Crippen molar-refractivity contribution in [2.45, 2.75) is 37.7 Å². The molecule has 0 saturated heterocycles. The zero-order valence-electron chi connectivity index (χ0n) is 24.3. The number of aromatic nitrogens is 3. The summed E-state index contributed by atoms with van der Waals surface area (Å²) in [5.41, 5.74) is 4.93. The lowest BCUT2D eigenvalue weighted by atomic mass is 10.1. The summed E-state index contributed by atoms with van der Waals surface area (Å²) in [7, 11) is 0. The first kappa shape index (κ1) is 29.6. The number of anilines is 2. The van der Waals surface area contributed by atoms with Gasteiger partial charge < -0.3 is 15.4 Å². The Kier molecular flexibility index (Phi) is 9.53. The molecule has 0 saturated carbocycles. The lowest BCUT2D eigenvalue weighted by molar-refractivity contribution is -0.115. The molecule has 0 radical (unpaired) electrons. The number of hydrogen-bond donors (Lipinski definition) is 2. The van der Waals surface area contributed by atoms with Gasteiger partial charge in [0.05, 0.1) is 18.4 Å². The van der Waals surface area contributed by atoms with E-state index in [2.05, 4.69) is 20.8 Å². The van der Waals surface area contributed by atoms with Crippen LogP contribution < -0.4 is 15.4 Å². The minimum Gasteiger partial charge on any atom is -0.494 e. The molecule has 4 aromatic carbocycles. The fourth-order valence-corrected chi connectivity index (χ4v) is 5.30. The van der Waals surface area contributed by atoms with Gasteiger partial charge in [0.2, 0.25) is 5.91 Å². The van der Waals surface area contributed by atoms with Gasteiger partial charge in [-0.3, -0.25) is 14.2 Å². The number of nitrogens with zero attached hydrogens (tertiary/aromatic N) is 3. The number of carbonyl (C=O) groups is 2. The van der Waals surface area contributed by atoms with Crippen LogP contribution in [-0.2, 0) is 11.3 Å². The highest BCUT2D eigenvalue weighted by Gasteiger charge is 2.21. The number of nitrogens with one attached hydrogen (secondary N) is 2. The molecule has 0 unspecified atom stereocenters. The highest BCUT2D eigenvalue weighted by atomic mass is 32.2. The van der Waals surface area contributed by atoms with Crippen LogP contribution in [-0.4, -0.2) is 38.4 Å². The van der Waals surface area contributed by atoms with Crippen molar-refractivity contribution in [2.24, 2.45) is 0 Å². The molecule has 2 amide bonds. The Bertz CT molecular complexity index is 1690. The van der Waals surface area contributed by atoms with Crippen molar-refractivity contribution in [3.63, 3.8) is 0 Å². The van der Waals surface area contributed by atoms with E-state index in [-0.39, 0.29) is 11.8 Å². The van der Waals surface area contributed by atoms with Crippen LogP contribution in [0, 0.1) is 6.92 Å². The van der Waals surface area contributed by atoms with Gasteiger partial charge in [-0.25, -0.2) is 0 Å². The minimum absolute atomic E-state index is 0.140. The molecule has 1 aromatic heterocycles. The molecule has 0 aliphatic rings. The molecule has 5 rings (SSSR count). The van der Waals surface area contributed by atoms with Crippen LogP contribution in [0.4, 0.5) is 11.4 Å². The molecule has 0 spiro atoms. The SMILES string of the molecule is CCOc1ccc(NC(=O)[C@@H](C)Sc2nnc(-c3ccc(NC(=O)c4cccc(C)c4)cc3)n2Cc2ccccc2)cc1. The normalized spacial score (nSPS) is 11.5. The van der Waals surface area contributed by atoms with Crippen molar-refractivity contribution in [3.05, 3.63) is 120 Å².